The molecule has 0 saturated heterocycles. The lowest BCUT2D eigenvalue weighted by atomic mass is 10.2. The maximum Gasteiger partial charge on any atom is 0.339 e. The van der Waals surface area contributed by atoms with Crippen LogP contribution in [0.5, 0.6) is 5.75 Å². The molecule has 0 unspecified atom stereocenters. The normalized spacial score (nSPS) is 11.2. The molecule has 19 heavy (non-hydrogen) atoms. The molecule has 0 fully saturated rings. The molecule has 0 bridgehead atoms. The Kier molecular flexibility index (Phi) is 3.76. The Bertz CT molecular complexity index is 663. The van der Waals surface area contributed by atoms with E-state index in [1.54, 1.807) is 30.3 Å². The van der Waals surface area contributed by atoms with E-state index in [0.29, 0.717) is 0 Å². The highest BCUT2D eigenvalue weighted by Gasteiger charge is 2.17. The van der Waals surface area contributed by atoms with Crippen molar-refractivity contribution in [2.45, 2.75) is 18.2 Å². The van der Waals surface area contributed by atoms with Gasteiger partial charge in [-0.1, -0.05) is 31.2 Å². The molecule has 0 heterocycles. The highest BCUT2D eigenvalue weighted by molar-refractivity contribution is 7.87. The van der Waals surface area contributed by atoms with Crippen molar-refractivity contribution in [1.82, 2.24) is 0 Å². The molecule has 0 aromatic heterocycles. The first-order valence-corrected chi connectivity index (χ1v) is 7.31. The fraction of sp³-hybridized carbons (Fsp3) is 0.143. The topological polar surface area (TPSA) is 69.4 Å². The van der Waals surface area contributed by atoms with Crippen molar-refractivity contribution in [2.75, 3.05) is 5.73 Å². The van der Waals surface area contributed by atoms with Crippen LogP contribution in [0.2, 0.25) is 0 Å². The second kappa shape index (κ2) is 5.32. The van der Waals surface area contributed by atoms with Gasteiger partial charge >= 0.3 is 10.1 Å². The summed E-state index contributed by atoms with van der Waals surface area (Å²) in [5.74, 6) is 0.141. The number of benzene rings is 2. The van der Waals surface area contributed by atoms with Crippen LogP contribution in [0.3, 0.4) is 0 Å². The van der Waals surface area contributed by atoms with Crippen LogP contribution in [0.15, 0.2) is 53.4 Å². The van der Waals surface area contributed by atoms with Gasteiger partial charge in [0, 0.05) is 0 Å². The molecule has 0 radical (unpaired) electrons. The van der Waals surface area contributed by atoms with Gasteiger partial charge in [-0.15, -0.1) is 0 Å². The number of hydrogen-bond acceptors (Lipinski definition) is 4. The quantitative estimate of drug-likeness (QED) is 0.689. The van der Waals surface area contributed by atoms with Gasteiger partial charge < -0.3 is 9.92 Å². The molecule has 4 nitrogen and oxygen atoms in total. The molecule has 0 aliphatic heterocycles. The molecule has 0 atom stereocenters. The maximum atomic E-state index is 12.1. The fourth-order valence-electron chi connectivity index (χ4n) is 1.61. The lowest BCUT2D eigenvalue weighted by molar-refractivity contribution is 0.487. The first-order chi connectivity index (χ1) is 9.03. The van der Waals surface area contributed by atoms with E-state index in [1.807, 2.05) is 6.92 Å². The van der Waals surface area contributed by atoms with Gasteiger partial charge in [-0.3, -0.25) is 0 Å². The van der Waals surface area contributed by atoms with Gasteiger partial charge in [-0.25, -0.2) is 0 Å². The first-order valence-electron chi connectivity index (χ1n) is 5.91. The summed E-state index contributed by atoms with van der Waals surface area (Å²) in [6.07, 6.45) is 0.854. The van der Waals surface area contributed by atoms with E-state index in [4.69, 9.17) is 9.92 Å². The van der Waals surface area contributed by atoms with Crippen LogP contribution in [0, 0.1) is 0 Å². The first kappa shape index (κ1) is 13.4. The van der Waals surface area contributed by atoms with Crippen molar-refractivity contribution >= 4 is 15.8 Å². The van der Waals surface area contributed by atoms with Gasteiger partial charge in [0.1, 0.15) is 4.90 Å². The molecule has 0 aliphatic rings. The molecule has 0 aliphatic carbocycles. The summed E-state index contributed by atoms with van der Waals surface area (Å²) >= 11 is 0. The minimum atomic E-state index is -3.84. The van der Waals surface area contributed by atoms with Crippen LogP contribution < -0.4 is 9.92 Å². The zero-order valence-corrected chi connectivity index (χ0v) is 11.4. The number of rotatable bonds is 4. The zero-order valence-electron chi connectivity index (χ0n) is 10.5. The van der Waals surface area contributed by atoms with Crippen molar-refractivity contribution in [3.63, 3.8) is 0 Å². The van der Waals surface area contributed by atoms with Crippen LogP contribution >= 0.6 is 0 Å². The summed E-state index contributed by atoms with van der Waals surface area (Å²) in [6, 6.07) is 13.1. The van der Waals surface area contributed by atoms with Gasteiger partial charge in [0.15, 0.2) is 5.75 Å². The molecular weight excluding hydrogens is 262 g/mol. The molecule has 100 valence electrons. The van der Waals surface area contributed by atoms with Gasteiger partial charge in [0.25, 0.3) is 0 Å². The minimum absolute atomic E-state index is 0.118. The molecule has 0 spiro atoms. The van der Waals surface area contributed by atoms with Crippen LogP contribution in [0.25, 0.3) is 0 Å². The molecule has 0 amide bonds. The molecule has 2 aromatic rings. The highest BCUT2D eigenvalue weighted by Crippen LogP contribution is 2.24. The standard InChI is InChI=1S/C14H15NO3S/c1-2-11-7-9-12(10-8-11)19(16,17)18-14-6-4-3-5-13(14)15/h3-10H,2,15H2,1H3. The smallest absolute Gasteiger partial charge is 0.339 e. The Morgan fingerprint density at radius 1 is 1.05 bits per heavy atom. The van der Waals surface area contributed by atoms with E-state index < -0.39 is 10.1 Å². The Morgan fingerprint density at radius 2 is 1.68 bits per heavy atom. The number of hydrogen-bond donors (Lipinski definition) is 1. The van der Waals surface area contributed by atoms with Crippen molar-refractivity contribution in [3.8, 4) is 5.75 Å². The summed E-state index contributed by atoms with van der Waals surface area (Å²) in [5.41, 5.74) is 7.02. The molecule has 2 rings (SSSR count). The summed E-state index contributed by atoms with van der Waals surface area (Å²) in [4.78, 5) is 0.118. The number of anilines is 1. The van der Waals surface area contributed by atoms with Gasteiger partial charge in [0.2, 0.25) is 0 Å². The molecule has 0 saturated carbocycles. The SMILES string of the molecule is CCc1ccc(S(=O)(=O)Oc2ccccc2N)cc1. The van der Waals surface area contributed by atoms with E-state index in [9.17, 15) is 8.42 Å². The Labute approximate surface area is 113 Å². The number of nitrogens with two attached hydrogens (primary N) is 1. The van der Waals surface area contributed by atoms with Crippen molar-refractivity contribution in [3.05, 3.63) is 54.1 Å². The van der Waals surface area contributed by atoms with Crippen molar-refractivity contribution < 1.29 is 12.6 Å². The van der Waals surface area contributed by atoms with Crippen LogP contribution in [0.4, 0.5) is 5.69 Å². The van der Waals surface area contributed by atoms with Gasteiger partial charge in [-0.2, -0.15) is 8.42 Å². The van der Waals surface area contributed by atoms with E-state index in [1.165, 1.54) is 18.2 Å². The van der Waals surface area contributed by atoms with Gasteiger partial charge in [-0.05, 0) is 36.2 Å². The Morgan fingerprint density at radius 3 is 2.26 bits per heavy atom. The van der Waals surface area contributed by atoms with E-state index in [0.717, 1.165) is 12.0 Å². The van der Waals surface area contributed by atoms with E-state index >= 15 is 0 Å². The number of aryl methyl sites for hydroxylation is 1. The Hall–Kier alpha value is -2.01. The van der Waals surface area contributed by atoms with E-state index in [2.05, 4.69) is 0 Å². The Balaban J connectivity index is 2.30. The van der Waals surface area contributed by atoms with Crippen LogP contribution in [-0.2, 0) is 16.5 Å². The number of nitrogen functional groups attached to an aromatic ring is 1. The van der Waals surface area contributed by atoms with Crippen LogP contribution in [-0.4, -0.2) is 8.42 Å². The molecular formula is C14H15NO3S. The summed E-state index contributed by atoms with van der Waals surface area (Å²) in [5, 5.41) is 0. The van der Waals surface area contributed by atoms with E-state index in [-0.39, 0.29) is 16.3 Å². The second-order valence-electron chi connectivity index (χ2n) is 4.07. The second-order valence-corrected chi connectivity index (χ2v) is 5.62. The molecule has 2 aromatic carbocycles. The van der Waals surface area contributed by atoms with Crippen molar-refractivity contribution in [1.29, 1.82) is 0 Å². The lowest BCUT2D eigenvalue weighted by Gasteiger charge is -2.09. The van der Waals surface area contributed by atoms with Crippen molar-refractivity contribution in [2.24, 2.45) is 0 Å². The minimum Gasteiger partial charge on any atom is -0.396 e. The monoisotopic (exact) mass is 277 g/mol. The third kappa shape index (κ3) is 3.06. The fourth-order valence-corrected chi connectivity index (χ4v) is 2.57. The molecule has 5 heteroatoms. The predicted octanol–water partition coefficient (Wildman–Crippen LogP) is 2.60. The van der Waals surface area contributed by atoms with Crippen LogP contribution in [0.1, 0.15) is 12.5 Å². The summed E-state index contributed by atoms with van der Waals surface area (Å²) in [7, 11) is -3.84. The highest BCUT2D eigenvalue weighted by atomic mass is 32.2. The average Bonchev–Trinajstić information content (AvgIpc) is 2.41. The third-order valence-corrected chi connectivity index (χ3v) is 3.99. The molecule has 2 N–H and O–H groups in total. The number of para-hydroxylation sites is 2. The largest absolute Gasteiger partial charge is 0.396 e. The third-order valence-electron chi connectivity index (χ3n) is 2.74. The summed E-state index contributed by atoms with van der Waals surface area (Å²) < 4.78 is 29.2. The van der Waals surface area contributed by atoms with Gasteiger partial charge in [0.05, 0.1) is 5.69 Å². The maximum absolute atomic E-state index is 12.1. The zero-order chi connectivity index (χ0) is 13.9. The average molecular weight is 277 g/mol. The predicted molar refractivity (Wildman–Crippen MR) is 74.5 cm³/mol. The summed E-state index contributed by atoms with van der Waals surface area (Å²) in [6.45, 7) is 2.00. The lowest BCUT2D eigenvalue weighted by Crippen LogP contribution is -2.10.